The van der Waals surface area contributed by atoms with E-state index in [1.54, 1.807) is 38.5 Å². The van der Waals surface area contributed by atoms with Crippen molar-refractivity contribution < 1.29 is 9.59 Å². The highest BCUT2D eigenvalue weighted by Gasteiger charge is 2.41. The molecular weight excluding hydrogens is 232 g/mol. The first-order chi connectivity index (χ1) is 8.36. The average Bonchev–Trinajstić information content (AvgIpc) is 2.12. The standard InChI is InChI=1S/C10H16.2CH4N2O/c1-7-2-9-4-8(1)5-10(3-7)6-9;2*2-1(3)4/h7-10H,1-6H2;2*(H4,2,3,4). The van der Waals surface area contributed by atoms with Crippen LogP contribution in [0.1, 0.15) is 38.5 Å². The van der Waals surface area contributed by atoms with Crippen LogP contribution in [0.15, 0.2) is 0 Å². The molecule has 4 aliphatic rings. The Hall–Kier alpha value is -1.46. The molecule has 4 aliphatic carbocycles. The molecule has 4 saturated carbocycles. The summed E-state index contributed by atoms with van der Waals surface area (Å²) in [7, 11) is 0. The lowest BCUT2D eigenvalue weighted by molar-refractivity contribution is 0.0198. The van der Waals surface area contributed by atoms with Crippen molar-refractivity contribution >= 4 is 12.1 Å². The third-order valence-corrected chi connectivity index (χ3v) is 4.00. The van der Waals surface area contributed by atoms with E-state index in [1.807, 2.05) is 0 Å². The van der Waals surface area contributed by atoms with Gasteiger partial charge < -0.3 is 22.9 Å². The van der Waals surface area contributed by atoms with Crippen molar-refractivity contribution in [3.8, 4) is 0 Å². The lowest BCUT2D eigenvalue weighted by atomic mass is 9.56. The van der Waals surface area contributed by atoms with Gasteiger partial charge in [-0.15, -0.1) is 0 Å². The van der Waals surface area contributed by atoms with E-state index in [1.165, 1.54) is 23.7 Å². The smallest absolute Gasteiger partial charge is 0.309 e. The van der Waals surface area contributed by atoms with Crippen LogP contribution >= 0.6 is 0 Å². The minimum absolute atomic E-state index is 0.833. The maximum Gasteiger partial charge on any atom is 0.309 e. The molecule has 6 heteroatoms. The maximum atomic E-state index is 9.00. The Labute approximate surface area is 107 Å². The molecular formula is C12H24N4O2. The number of rotatable bonds is 0. The van der Waals surface area contributed by atoms with E-state index in [4.69, 9.17) is 9.59 Å². The fraction of sp³-hybridized carbons (Fsp3) is 0.833. The topological polar surface area (TPSA) is 138 Å². The number of hydrogen-bond acceptors (Lipinski definition) is 2. The van der Waals surface area contributed by atoms with Gasteiger partial charge in [-0.1, -0.05) is 0 Å². The number of primary amides is 4. The Kier molecular flexibility index (Phi) is 5.25. The Bertz CT molecular complexity index is 230. The highest BCUT2D eigenvalue weighted by molar-refractivity contribution is 5.69. The van der Waals surface area contributed by atoms with Crippen LogP contribution in [0.3, 0.4) is 0 Å². The minimum atomic E-state index is -0.833. The molecule has 8 N–H and O–H groups in total. The first kappa shape index (κ1) is 14.6. The summed E-state index contributed by atoms with van der Waals surface area (Å²) in [5.41, 5.74) is 17.0. The summed E-state index contributed by atoms with van der Waals surface area (Å²) < 4.78 is 0. The first-order valence-corrected chi connectivity index (χ1v) is 6.46. The highest BCUT2D eigenvalue weighted by Crippen LogP contribution is 2.53. The summed E-state index contributed by atoms with van der Waals surface area (Å²) in [6.07, 6.45) is 9.62. The van der Waals surface area contributed by atoms with Gasteiger partial charge in [0.05, 0.1) is 0 Å². The van der Waals surface area contributed by atoms with Gasteiger partial charge >= 0.3 is 12.1 Å². The lowest BCUT2D eigenvalue weighted by Gasteiger charge is -2.49. The fourth-order valence-corrected chi connectivity index (χ4v) is 3.98. The van der Waals surface area contributed by atoms with E-state index < -0.39 is 12.1 Å². The summed E-state index contributed by atoms with van der Waals surface area (Å²) in [6.45, 7) is 0. The van der Waals surface area contributed by atoms with Gasteiger partial charge in [0, 0.05) is 0 Å². The second-order valence-corrected chi connectivity index (χ2v) is 5.68. The van der Waals surface area contributed by atoms with Crippen LogP contribution in [0.25, 0.3) is 0 Å². The second kappa shape index (κ2) is 6.47. The predicted molar refractivity (Wildman–Crippen MR) is 69.2 cm³/mol. The fourth-order valence-electron chi connectivity index (χ4n) is 3.98. The molecule has 0 atom stereocenters. The number of carbonyl (C=O) groups is 2. The van der Waals surface area contributed by atoms with Gasteiger partial charge in [0.25, 0.3) is 0 Å². The summed E-state index contributed by atoms with van der Waals surface area (Å²) in [6, 6.07) is -1.67. The molecule has 0 spiro atoms. The third kappa shape index (κ3) is 5.25. The van der Waals surface area contributed by atoms with Gasteiger partial charge in [-0.2, -0.15) is 0 Å². The molecule has 0 aliphatic heterocycles. The molecule has 0 unspecified atom stereocenters. The zero-order valence-corrected chi connectivity index (χ0v) is 10.7. The molecule has 0 heterocycles. The molecule has 0 aromatic heterocycles. The summed E-state index contributed by atoms with van der Waals surface area (Å²) >= 11 is 0. The van der Waals surface area contributed by atoms with Crippen molar-refractivity contribution in [1.29, 1.82) is 0 Å². The van der Waals surface area contributed by atoms with E-state index in [2.05, 4.69) is 22.9 Å². The SMILES string of the molecule is C1C2CC3CC1CC(C2)C3.NC(N)=O.NC(N)=O. The Morgan fingerprint density at radius 2 is 0.667 bits per heavy atom. The molecule has 4 bridgehead atoms. The van der Waals surface area contributed by atoms with E-state index in [0.29, 0.717) is 0 Å². The Balaban J connectivity index is 0.000000174. The van der Waals surface area contributed by atoms with E-state index in [9.17, 15) is 0 Å². The molecule has 4 fully saturated rings. The van der Waals surface area contributed by atoms with Crippen LogP contribution < -0.4 is 22.9 Å². The zero-order chi connectivity index (χ0) is 13.7. The van der Waals surface area contributed by atoms with Gasteiger partial charge in [-0.3, -0.25) is 0 Å². The monoisotopic (exact) mass is 256 g/mol. The van der Waals surface area contributed by atoms with Crippen molar-refractivity contribution in [3.63, 3.8) is 0 Å². The molecule has 4 amide bonds. The maximum absolute atomic E-state index is 9.00. The molecule has 0 aromatic rings. The van der Waals surface area contributed by atoms with Crippen molar-refractivity contribution in [2.75, 3.05) is 0 Å². The minimum Gasteiger partial charge on any atom is -0.352 e. The second-order valence-electron chi connectivity index (χ2n) is 5.68. The normalized spacial score (nSPS) is 34.7. The third-order valence-electron chi connectivity index (χ3n) is 4.00. The van der Waals surface area contributed by atoms with Crippen LogP contribution in [-0.2, 0) is 0 Å². The van der Waals surface area contributed by atoms with Crippen molar-refractivity contribution in [2.45, 2.75) is 38.5 Å². The molecule has 104 valence electrons. The van der Waals surface area contributed by atoms with Gasteiger partial charge in [-0.25, -0.2) is 9.59 Å². The largest absolute Gasteiger partial charge is 0.352 e. The summed E-state index contributed by atoms with van der Waals surface area (Å²) in [5.74, 6) is 4.71. The average molecular weight is 256 g/mol. The summed E-state index contributed by atoms with van der Waals surface area (Å²) in [4.78, 5) is 18.0. The van der Waals surface area contributed by atoms with E-state index >= 15 is 0 Å². The van der Waals surface area contributed by atoms with Crippen LogP contribution in [0.5, 0.6) is 0 Å². The number of nitrogens with two attached hydrogens (primary N) is 4. The van der Waals surface area contributed by atoms with Crippen molar-refractivity contribution in [3.05, 3.63) is 0 Å². The van der Waals surface area contributed by atoms with E-state index in [-0.39, 0.29) is 0 Å². The number of hydrogen-bond donors (Lipinski definition) is 4. The number of urea groups is 2. The summed E-state index contributed by atoms with van der Waals surface area (Å²) in [5, 5.41) is 0. The Morgan fingerprint density at radius 3 is 0.778 bits per heavy atom. The lowest BCUT2D eigenvalue weighted by Crippen LogP contribution is -2.38. The van der Waals surface area contributed by atoms with Crippen LogP contribution in [0.4, 0.5) is 9.59 Å². The van der Waals surface area contributed by atoms with Crippen LogP contribution in [-0.4, -0.2) is 12.1 Å². The Morgan fingerprint density at radius 1 is 0.556 bits per heavy atom. The molecule has 0 aromatic carbocycles. The predicted octanol–water partition coefficient (Wildman–Crippen LogP) is 0.880. The quantitative estimate of drug-likeness (QED) is 0.511. The van der Waals surface area contributed by atoms with Gasteiger partial charge in [0.15, 0.2) is 0 Å². The molecule has 6 nitrogen and oxygen atoms in total. The molecule has 4 rings (SSSR count). The molecule has 18 heavy (non-hydrogen) atoms. The zero-order valence-electron chi connectivity index (χ0n) is 10.7. The molecule has 0 saturated heterocycles. The molecule has 0 radical (unpaired) electrons. The highest BCUT2D eigenvalue weighted by atomic mass is 16.2. The first-order valence-electron chi connectivity index (χ1n) is 6.46. The van der Waals surface area contributed by atoms with Crippen molar-refractivity contribution in [2.24, 2.45) is 46.6 Å². The van der Waals surface area contributed by atoms with Gasteiger partial charge in [0.2, 0.25) is 0 Å². The van der Waals surface area contributed by atoms with E-state index in [0.717, 1.165) is 0 Å². The van der Waals surface area contributed by atoms with Crippen molar-refractivity contribution in [1.82, 2.24) is 0 Å². The van der Waals surface area contributed by atoms with Gasteiger partial charge in [0.1, 0.15) is 0 Å². The number of carbonyl (C=O) groups excluding carboxylic acids is 2. The number of amides is 4. The van der Waals surface area contributed by atoms with Crippen LogP contribution in [0.2, 0.25) is 0 Å². The van der Waals surface area contributed by atoms with Crippen LogP contribution in [0, 0.1) is 23.7 Å². The van der Waals surface area contributed by atoms with Gasteiger partial charge in [-0.05, 0) is 62.2 Å².